The molecule has 0 radical (unpaired) electrons. The number of fused-ring (bicyclic) bond motifs is 1. The molecule has 1 aliphatic heterocycles. The fraction of sp³-hybridized carbons (Fsp3) is 0.100. The van der Waals surface area contributed by atoms with Gasteiger partial charge in [-0.05, 0) is 23.8 Å². The van der Waals surface area contributed by atoms with Crippen molar-refractivity contribution in [3.63, 3.8) is 0 Å². The van der Waals surface area contributed by atoms with Crippen LogP contribution in [0.15, 0.2) is 60.4 Å². The van der Waals surface area contributed by atoms with Crippen molar-refractivity contribution in [3.8, 4) is 0 Å². The Kier molecular flexibility index (Phi) is 4.01. The molecule has 0 unspecified atom stereocenters. The first-order valence-corrected chi connectivity index (χ1v) is 8.54. The average molecular weight is 366 g/mol. The largest absolute Gasteiger partial charge is 0.342 e. The Morgan fingerprint density at radius 3 is 2.54 bits per heavy atom. The number of hydrogen-bond donors (Lipinski definition) is 1. The Morgan fingerprint density at radius 2 is 1.81 bits per heavy atom. The third-order valence-electron chi connectivity index (χ3n) is 4.50. The molecule has 0 bridgehead atoms. The molecule has 6 heteroatoms. The maximum Gasteiger partial charge on any atom is 0.328 e. The van der Waals surface area contributed by atoms with E-state index in [-0.39, 0.29) is 11.6 Å². The van der Waals surface area contributed by atoms with Crippen LogP contribution in [0.2, 0.25) is 5.02 Å². The highest BCUT2D eigenvalue weighted by molar-refractivity contribution is 6.31. The minimum atomic E-state index is -0.416. The van der Waals surface area contributed by atoms with E-state index in [0.29, 0.717) is 11.6 Å². The molecule has 1 saturated heterocycles. The maximum atomic E-state index is 12.1. The fourth-order valence-corrected chi connectivity index (χ4v) is 3.31. The molecule has 1 fully saturated rings. The Labute approximate surface area is 155 Å². The highest BCUT2D eigenvalue weighted by Crippen LogP contribution is 2.26. The topological polar surface area (TPSA) is 54.3 Å². The van der Waals surface area contributed by atoms with Crippen LogP contribution < -0.4 is 5.32 Å². The summed E-state index contributed by atoms with van der Waals surface area (Å²) < 4.78 is 2.09. The standard InChI is InChI=1S/C20H16ClN3O2/c1-23-19(25)17(22-20(23)26)10-14-12-24(18-9-5-3-7-15(14)18)11-13-6-2-4-8-16(13)21/h2-10,12H,11H2,1H3,(H,22,26)/b17-10+. The minimum Gasteiger partial charge on any atom is -0.342 e. The van der Waals surface area contributed by atoms with E-state index in [0.717, 1.165) is 26.9 Å². The van der Waals surface area contributed by atoms with Gasteiger partial charge in [-0.3, -0.25) is 9.69 Å². The molecule has 0 atom stereocenters. The summed E-state index contributed by atoms with van der Waals surface area (Å²) in [5.74, 6) is -0.335. The quantitative estimate of drug-likeness (QED) is 0.566. The van der Waals surface area contributed by atoms with Crippen LogP contribution in [0.5, 0.6) is 0 Å². The lowest BCUT2D eigenvalue weighted by Crippen LogP contribution is -2.25. The number of urea groups is 1. The van der Waals surface area contributed by atoms with Gasteiger partial charge in [0.15, 0.2) is 0 Å². The van der Waals surface area contributed by atoms with Crippen LogP contribution >= 0.6 is 11.6 Å². The fourth-order valence-electron chi connectivity index (χ4n) is 3.11. The van der Waals surface area contributed by atoms with Gasteiger partial charge in [0, 0.05) is 41.3 Å². The molecule has 0 aliphatic carbocycles. The van der Waals surface area contributed by atoms with Crippen LogP contribution in [0.1, 0.15) is 11.1 Å². The second-order valence-electron chi connectivity index (χ2n) is 6.17. The van der Waals surface area contributed by atoms with Gasteiger partial charge in [0.25, 0.3) is 5.91 Å². The SMILES string of the molecule is CN1C(=O)N/C(=C/c2cn(Cc3ccccc3Cl)c3ccccc23)C1=O. The van der Waals surface area contributed by atoms with Crippen molar-refractivity contribution in [3.05, 3.63) is 76.6 Å². The van der Waals surface area contributed by atoms with Crippen LogP contribution in [-0.2, 0) is 11.3 Å². The minimum absolute atomic E-state index is 0.276. The zero-order chi connectivity index (χ0) is 18.3. The summed E-state index contributed by atoms with van der Waals surface area (Å²) >= 11 is 6.30. The van der Waals surface area contributed by atoms with Crippen LogP contribution in [0, 0.1) is 0 Å². The third-order valence-corrected chi connectivity index (χ3v) is 4.87. The number of hydrogen-bond acceptors (Lipinski definition) is 2. The number of carbonyl (C=O) groups is 2. The van der Waals surface area contributed by atoms with Gasteiger partial charge in [-0.2, -0.15) is 0 Å². The smallest absolute Gasteiger partial charge is 0.328 e. The molecule has 1 N–H and O–H groups in total. The van der Waals surface area contributed by atoms with Crippen LogP contribution in [0.4, 0.5) is 4.79 Å². The van der Waals surface area contributed by atoms with Crippen LogP contribution in [-0.4, -0.2) is 28.5 Å². The van der Waals surface area contributed by atoms with E-state index in [1.54, 1.807) is 6.08 Å². The number of benzene rings is 2. The molecular formula is C20H16ClN3O2. The Bertz CT molecular complexity index is 1070. The molecule has 2 aromatic carbocycles. The summed E-state index contributed by atoms with van der Waals surface area (Å²) in [6.07, 6.45) is 3.69. The number of para-hydroxylation sites is 1. The second-order valence-corrected chi connectivity index (χ2v) is 6.58. The van der Waals surface area contributed by atoms with E-state index in [2.05, 4.69) is 9.88 Å². The van der Waals surface area contributed by atoms with Crippen molar-refractivity contribution in [1.29, 1.82) is 0 Å². The van der Waals surface area contributed by atoms with E-state index in [9.17, 15) is 9.59 Å². The number of rotatable bonds is 3. The second kappa shape index (κ2) is 6.35. The van der Waals surface area contributed by atoms with E-state index < -0.39 is 6.03 Å². The van der Waals surface area contributed by atoms with Crippen LogP contribution in [0.25, 0.3) is 17.0 Å². The molecule has 0 saturated carbocycles. The summed E-state index contributed by atoms with van der Waals surface area (Å²) in [5, 5.41) is 4.32. The van der Waals surface area contributed by atoms with Crippen molar-refractivity contribution in [2.45, 2.75) is 6.54 Å². The highest BCUT2D eigenvalue weighted by atomic mass is 35.5. The summed E-state index contributed by atoms with van der Waals surface area (Å²) in [5.41, 5.74) is 3.19. The molecular weight excluding hydrogens is 350 g/mol. The van der Waals surface area contributed by atoms with Crippen molar-refractivity contribution in [1.82, 2.24) is 14.8 Å². The number of amides is 3. The van der Waals surface area contributed by atoms with Gasteiger partial charge in [0.1, 0.15) is 5.70 Å². The molecule has 1 aliphatic rings. The molecule has 3 amide bonds. The monoisotopic (exact) mass is 365 g/mol. The number of halogens is 1. The average Bonchev–Trinajstić information content (AvgIpc) is 3.10. The van der Waals surface area contributed by atoms with Crippen molar-refractivity contribution in [2.75, 3.05) is 7.05 Å². The van der Waals surface area contributed by atoms with E-state index >= 15 is 0 Å². The Balaban J connectivity index is 1.79. The van der Waals surface area contributed by atoms with Crippen molar-refractivity contribution >= 4 is 40.5 Å². The van der Waals surface area contributed by atoms with Gasteiger partial charge < -0.3 is 9.88 Å². The molecule has 2 heterocycles. The van der Waals surface area contributed by atoms with Gasteiger partial charge >= 0.3 is 6.03 Å². The zero-order valence-electron chi connectivity index (χ0n) is 14.1. The Hall–Kier alpha value is -3.05. The number of aromatic nitrogens is 1. The maximum absolute atomic E-state index is 12.1. The summed E-state index contributed by atoms with van der Waals surface area (Å²) in [4.78, 5) is 24.9. The highest BCUT2D eigenvalue weighted by Gasteiger charge is 2.30. The van der Waals surface area contributed by atoms with E-state index in [1.807, 2.05) is 54.7 Å². The lowest BCUT2D eigenvalue weighted by molar-refractivity contribution is -0.121. The molecule has 130 valence electrons. The number of nitrogens with one attached hydrogen (secondary N) is 1. The normalized spacial score (nSPS) is 15.9. The van der Waals surface area contributed by atoms with Gasteiger partial charge in [0.05, 0.1) is 0 Å². The van der Waals surface area contributed by atoms with Crippen molar-refractivity contribution < 1.29 is 9.59 Å². The third kappa shape index (κ3) is 2.76. The first-order valence-electron chi connectivity index (χ1n) is 8.16. The van der Waals surface area contributed by atoms with Crippen molar-refractivity contribution in [2.24, 2.45) is 0 Å². The van der Waals surface area contributed by atoms with E-state index in [1.165, 1.54) is 7.05 Å². The first-order chi connectivity index (χ1) is 12.5. The lowest BCUT2D eigenvalue weighted by atomic mass is 10.1. The summed E-state index contributed by atoms with van der Waals surface area (Å²) in [6, 6.07) is 15.2. The molecule has 4 rings (SSSR count). The molecule has 3 aromatic rings. The molecule has 5 nitrogen and oxygen atoms in total. The van der Waals surface area contributed by atoms with Gasteiger partial charge in [-0.15, -0.1) is 0 Å². The Morgan fingerprint density at radius 1 is 1.08 bits per heavy atom. The number of likely N-dealkylation sites (N-methyl/N-ethyl adjacent to an activating group) is 1. The molecule has 0 spiro atoms. The summed E-state index contributed by atoms with van der Waals surface area (Å²) in [6.45, 7) is 0.615. The predicted molar refractivity (Wildman–Crippen MR) is 102 cm³/mol. The lowest BCUT2D eigenvalue weighted by Gasteiger charge is -2.07. The van der Waals surface area contributed by atoms with Gasteiger partial charge in [0.2, 0.25) is 0 Å². The first kappa shape index (κ1) is 16.4. The summed E-state index contributed by atoms with van der Waals surface area (Å²) in [7, 11) is 1.46. The number of carbonyl (C=O) groups excluding carboxylic acids is 2. The molecule has 26 heavy (non-hydrogen) atoms. The van der Waals surface area contributed by atoms with Gasteiger partial charge in [-0.25, -0.2) is 4.79 Å². The van der Waals surface area contributed by atoms with E-state index in [4.69, 9.17) is 11.6 Å². The molecule has 1 aromatic heterocycles. The predicted octanol–water partition coefficient (Wildman–Crippen LogP) is 3.87. The number of imide groups is 1. The van der Waals surface area contributed by atoms with Gasteiger partial charge in [-0.1, -0.05) is 48.0 Å². The van der Waals surface area contributed by atoms with Crippen LogP contribution in [0.3, 0.4) is 0 Å². The zero-order valence-corrected chi connectivity index (χ0v) is 14.8. The number of nitrogens with zero attached hydrogens (tertiary/aromatic N) is 2.